The van der Waals surface area contributed by atoms with Crippen molar-refractivity contribution in [3.63, 3.8) is 0 Å². The Kier molecular flexibility index (Phi) is 14.2. The number of aliphatic hydroxyl groups excluding tert-OH is 1. The predicted octanol–water partition coefficient (Wildman–Crippen LogP) is 8.30. The van der Waals surface area contributed by atoms with Gasteiger partial charge in [-0.15, -0.1) is 0 Å². The van der Waals surface area contributed by atoms with Gasteiger partial charge in [0.1, 0.15) is 5.75 Å². The Hall–Kier alpha value is -4.34. The summed E-state index contributed by atoms with van der Waals surface area (Å²) >= 11 is 0. The van der Waals surface area contributed by atoms with Crippen LogP contribution in [0.1, 0.15) is 67.1 Å². The van der Waals surface area contributed by atoms with E-state index in [1.165, 1.54) is 23.1 Å². The molecular formula is C38H46F6N4O5. The van der Waals surface area contributed by atoms with Gasteiger partial charge in [0.25, 0.3) is 5.91 Å². The molecule has 1 aliphatic rings. The van der Waals surface area contributed by atoms with Crippen molar-refractivity contribution in [2.75, 3.05) is 44.0 Å². The van der Waals surface area contributed by atoms with E-state index < -0.39 is 41.5 Å². The summed E-state index contributed by atoms with van der Waals surface area (Å²) in [6.07, 6.45) is -7.47. The number of ether oxygens (including phenoxy) is 2. The minimum Gasteiger partial charge on any atom is -0.490 e. The molecule has 9 nitrogen and oxygen atoms in total. The topological polar surface area (TPSA) is 103 Å². The predicted molar refractivity (Wildman–Crippen MR) is 189 cm³/mol. The van der Waals surface area contributed by atoms with Crippen LogP contribution in [-0.4, -0.2) is 78.4 Å². The number of aliphatic hydroxyl groups is 1. The van der Waals surface area contributed by atoms with Gasteiger partial charge in [0.15, 0.2) is 0 Å². The second-order valence-electron chi connectivity index (χ2n) is 13.6. The highest BCUT2D eigenvalue weighted by atomic mass is 19.4. The normalized spacial score (nSPS) is 19.9. The van der Waals surface area contributed by atoms with Crippen molar-refractivity contribution in [2.45, 2.75) is 77.2 Å². The zero-order valence-electron chi connectivity index (χ0n) is 30.1. The lowest BCUT2D eigenvalue weighted by Crippen LogP contribution is -2.47. The van der Waals surface area contributed by atoms with E-state index in [0.717, 1.165) is 49.2 Å². The van der Waals surface area contributed by atoms with E-state index in [2.05, 4.69) is 10.6 Å². The van der Waals surface area contributed by atoms with Gasteiger partial charge in [-0.2, -0.15) is 26.3 Å². The van der Waals surface area contributed by atoms with Crippen molar-refractivity contribution in [1.82, 2.24) is 9.80 Å². The van der Waals surface area contributed by atoms with Crippen molar-refractivity contribution in [3.05, 3.63) is 89.0 Å². The van der Waals surface area contributed by atoms with E-state index in [1.807, 2.05) is 25.8 Å². The van der Waals surface area contributed by atoms with Crippen LogP contribution in [0.15, 0.2) is 66.7 Å². The monoisotopic (exact) mass is 752 g/mol. The van der Waals surface area contributed by atoms with Gasteiger partial charge in [-0.05, 0) is 100 Å². The first-order valence-electron chi connectivity index (χ1n) is 17.4. The molecule has 0 aromatic heterocycles. The van der Waals surface area contributed by atoms with Gasteiger partial charge in [-0.25, -0.2) is 4.79 Å². The van der Waals surface area contributed by atoms with Crippen LogP contribution in [0.2, 0.25) is 0 Å². The number of carbonyl (C=O) groups excluding carboxylic acids is 2. The molecule has 0 fully saturated rings. The third-order valence-corrected chi connectivity index (χ3v) is 9.00. The lowest BCUT2D eigenvalue weighted by molar-refractivity contribution is -0.138. The third kappa shape index (κ3) is 12.1. The first-order chi connectivity index (χ1) is 24.9. The summed E-state index contributed by atoms with van der Waals surface area (Å²) in [5.74, 6) is -0.452. The second-order valence-corrected chi connectivity index (χ2v) is 13.6. The van der Waals surface area contributed by atoms with Crippen LogP contribution in [0, 0.1) is 5.92 Å². The molecule has 3 aromatic carbocycles. The highest BCUT2D eigenvalue weighted by Gasteiger charge is 2.32. The number of alkyl halides is 6. The van der Waals surface area contributed by atoms with Gasteiger partial charge >= 0.3 is 18.4 Å². The average molecular weight is 753 g/mol. The number of halogens is 6. The van der Waals surface area contributed by atoms with Crippen molar-refractivity contribution < 1.29 is 50.5 Å². The van der Waals surface area contributed by atoms with Gasteiger partial charge in [0, 0.05) is 43.5 Å². The standard InChI is InChI=1S/C38H46F6N4O5/c1-24-20-48(25(2)23-49)35(50)32-19-31(46-36(51)45-30-14-12-29(13-15-30)38(42,43)44)16-17-33(32)53-26(3)7-5-6-18-52-34(24)22-47(4)21-27-8-10-28(11-9-27)37(39,40)41/h8-17,19,24-26,34,49H,5-7,18,20-23H2,1-4H3,(H2,45,46,51)/t24-,25+,26+,34-/m0/s1. The molecule has 53 heavy (non-hydrogen) atoms. The summed E-state index contributed by atoms with van der Waals surface area (Å²) in [4.78, 5) is 30.7. The largest absolute Gasteiger partial charge is 0.490 e. The SMILES string of the molecule is C[C@@H]1CCCCO[C@@H](CN(C)Cc2ccc(C(F)(F)F)cc2)[C@@H](C)CN([C@H](C)CO)C(=O)c2cc(NC(=O)Nc3ccc(C(F)(F)F)cc3)ccc2O1. The van der Waals surface area contributed by atoms with Crippen molar-refractivity contribution in [3.8, 4) is 5.75 Å². The van der Waals surface area contributed by atoms with Gasteiger partial charge in [0.05, 0.1) is 41.5 Å². The lowest BCUT2D eigenvalue weighted by Gasteiger charge is -2.36. The molecule has 0 aliphatic carbocycles. The van der Waals surface area contributed by atoms with Gasteiger partial charge in [-0.1, -0.05) is 19.1 Å². The fraction of sp³-hybridized carbons (Fsp3) is 0.474. The van der Waals surface area contributed by atoms with Crippen molar-refractivity contribution in [1.29, 1.82) is 0 Å². The van der Waals surface area contributed by atoms with Crippen LogP contribution in [0.5, 0.6) is 5.75 Å². The number of hydrogen-bond acceptors (Lipinski definition) is 6. The number of nitrogens with one attached hydrogen (secondary N) is 2. The molecular weight excluding hydrogens is 706 g/mol. The molecule has 0 saturated heterocycles. The molecule has 4 rings (SSSR count). The molecule has 0 spiro atoms. The summed E-state index contributed by atoms with van der Waals surface area (Å²) < 4.78 is 90.7. The Morgan fingerprint density at radius 2 is 1.51 bits per heavy atom. The number of fused-ring (bicyclic) bond motifs is 1. The summed E-state index contributed by atoms with van der Waals surface area (Å²) in [7, 11) is 1.84. The smallest absolute Gasteiger partial charge is 0.416 e. The Morgan fingerprint density at radius 1 is 0.925 bits per heavy atom. The number of likely N-dealkylation sites (N-methyl/N-ethyl adjacent to an activating group) is 1. The number of benzene rings is 3. The van der Waals surface area contributed by atoms with E-state index in [4.69, 9.17) is 9.47 Å². The lowest BCUT2D eigenvalue weighted by atomic mass is 10.0. The molecule has 3 N–H and O–H groups in total. The molecule has 3 amide bonds. The van der Waals surface area contributed by atoms with E-state index in [0.29, 0.717) is 31.7 Å². The highest BCUT2D eigenvalue weighted by Crippen LogP contribution is 2.32. The van der Waals surface area contributed by atoms with Crippen LogP contribution < -0.4 is 15.4 Å². The number of anilines is 2. The number of urea groups is 1. The third-order valence-electron chi connectivity index (χ3n) is 9.00. The molecule has 290 valence electrons. The second kappa shape index (κ2) is 18.1. The number of hydrogen-bond donors (Lipinski definition) is 3. The molecule has 3 aromatic rings. The molecule has 0 radical (unpaired) electrons. The van der Waals surface area contributed by atoms with Gasteiger partial charge < -0.3 is 30.1 Å². The van der Waals surface area contributed by atoms with Crippen LogP contribution >= 0.6 is 0 Å². The van der Waals surface area contributed by atoms with Crippen LogP contribution in [0.3, 0.4) is 0 Å². The van der Waals surface area contributed by atoms with Crippen LogP contribution in [-0.2, 0) is 23.6 Å². The molecule has 1 aliphatic heterocycles. The Bertz CT molecular complexity index is 1650. The summed E-state index contributed by atoms with van der Waals surface area (Å²) in [6.45, 7) is 6.54. The molecule has 4 atom stereocenters. The average Bonchev–Trinajstić information content (AvgIpc) is 3.09. The minimum absolute atomic E-state index is 0.126. The summed E-state index contributed by atoms with van der Waals surface area (Å²) in [5, 5.41) is 15.3. The fourth-order valence-electron chi connectivity index (χ4n) is 5.98. The summed E-state index contributed by atoms with van der Waals surface area (Å²) in [5.41, 5.74) is -0.412. The minimum atomic E-state index is -4.52. The fourth-order valence-corrected chi connectivity index (χ4v) is 5.98. The Labute approximate surface area is 305 Å². The van der Waals surface area contributed by atoms with E-state index >= 15 is 0 Å². The van der Waals surface area contributed by atoms with Crippen LogP contribution in [0.4, 0.5) is 42.5 Å². The first-order valence-corrected chi connectivity index (χ1v) is 17.4. The molecule has 0 saturated carbocycles. The van der Waals surface area contributed by atoms with E-state index in [-0.39, 0.29) is 54.0 Å². The van der Waals surface area contributed by atoms with Gasteiger partial charge in [-0.3, -0.25) is 9.69 Å². The molecule has 1 heterocycles. The maximum absolute atomic E-state index is 14.4. The summed E-state index contributed by atoms with van der Waals surface area (Å²) in [6, 6.07) is 12.2. The number of rotatable bonds is 8. The molecule has 15 heteroatoms. The number of nitrogens with zero attached hydrogens (tertiary/aromatic N) is 2. The van der Waals surface area contributed by atoms with E-state index in [1.54, 1.807) is 19.1 Å². The molecule has 0 bridgehead atoms. The Balaban J connectivity index is 1.55. The van der Waals surface area contributed by atoms with Crippen LogP contribution in [0.25, 0.3) is 0 Å². The zero-order chi connectivity index (χ0) is 38.9. The van der Waals surface area contributed by atoms with Gasteiger partial charge in [0.2, 0.25) is 0 Å². The number of carbonyl (C=O) groups is 2. The van der Waals surface area contributed by atoms with Crippen molar-refractivity contribution in [2.24, 2.45) is 5.92 Å². The maximum Gasteiger partial charge on any atom is 0.416 e. The molecule has 0 unspecified atom stereocenters. The van der Waals surface area contributed by atoms with Crippen molar-refractivity contribution >= 4 is 23.3 Å². The Morgan fingerprint density at radius 3 is 2.11 bits per heavy atom. The number of amides is 3. The van der Waals surface area contributed by atoms with E-state index in [9.17, 15) is 41.0 Å². The quantitative estimate of drug-likeness (QED) is 0.200. The first kappa shape index (κ1) is 41.4. The maximum atomic E-state index is 14.4. The zero-order valence-corrected chi connectivity index (χ0v) is 30.1. The highest BCUT2D eigenvalue weighted by molar-refractivity contribution is 6.02.